The Morgan fingerprint density at radius 1 is 1.38 bits per heavy atom. The number of nitriles is 1. The summed E-state index contributed by atoms with van der Waals surface area (Å²) < 4.78 is 2.24. The van der Waals surface area contributed by atoms with E-state index in [2.05, 4.69) is 35.9 Å². The number of para-hydroxylation sites is 2. The molecule has 1 saturated carbocycles. The molecule has 1 aromatic carbocycles. The summed E-state index contributed by atoms with van der Waals surface area (Å²) in [5.41, 5.74) is 1.70. The van der Waals surface area contributed by atoms with E-state index in [1.165, 1.54) is 0 Å². The van der Waals surface area contributed by atoms with E-state index in [0.29, 0.717) is 12.5 Å². The fourth-order valence-corrected chi connectivity index (χ4v) is 3.21. The first-order valence-electron chi connectivity index (χ1n) is 7.84. The van der Waals surface area contributed by atoms with Crippen LogP contribution in [0.4, 0.5) is 0 Å². The van der Waals surface area contributed by atoms with Crippen LogP contribution in [0.5, 0.6) is 0 Å². The molecule has 0 saturated heterocycles. The number of imidazole rings is 1. The molecule has 4 heteroatoms. The summed E-state index contributed by atoms with van der Waals surface area (Å²) in [6.45, 7) is 5.70. The van der Waals surface area contributed by atoms with Gasteiger partial charge in [-0.3, -0.25) is 5.32 Å². The molecule has 21 heavy (non-hydrogen) atoms. The fourth-order valence-electron chi connectivity index (χ4n) is 3.21. The highest BCUT2D eigenvalue weighted by Gasteiger charge is 2.46. The molecule has 1 aliphatic rings. The second-order valence-corrected chi connectivity index (χ2v) is 5.84. The van der Waals surface area contributed by atoms with Crippen molar-refractivity contribution in [1.29, 1.82) is 5.26 Å². The molecule has 0 spiro atoms. The van der Waals surface area contributed by atoms with Gasteiger partial charge in [-0.1, -0.05) is 26.0 Å². The number of nitrogens with one attached hydrogen (secondary N) is 1. The monoisotopic (exact) mass is 282 g/mol. The van der Waals surface area contributed by atoms with Crippen molar-refractivity contribution in [2.24, 2.45) is 5.92 Å². The van der Waals surface area contributed by atoms with Gasteiger partial charge in [-0.2, -0.15) is 5.26 Å². The van der Waals surface area contributed by atoms with E-state index in [0.717, 1.165) is 42.7 Å². The Morgan fingerprint density at radius 3 is 2.76 bits per heavy atom. The Labute approximate surface area is 125 Å². The maximum absolute atomic E-state index is 9.81. The minimum atomic E-state index is -0.456. The number of hydrogen-bond donors (Lipinski definition) is 1. The second kappa shape index (κ2) is 5.50. The number of aryl methyl sites for hydroxylation is 1. The second-order valence-electron chi connectivity index (χ2n) is 5.84. The third-order valence-corrected chi connectivity index (χ3v) is 4.42. The number of hydrogen-bond acceptors (Lipinski definition) is 3. The molecule has 2 aromatic rings. The Bertz CT molecular complexity index is 678. The molecule has 1 unspecified atom stereocenters. The van der Waals surface area contributed by atoms with Gasteiger partial charge in [-0.15, -0.1) is 0 Å². The van der Waals surface area contributed by atoms with E-state index in [1.54, 1.807) is 0 Å². The van der Waals surface area contributed by atoms with Crippen LogP contribution in [-0.2, 0) is 13.0 Å². The number of aromatic nitrogens is 2. The predicted molar refractivity (Wildman–Crippen MR) is 83.9 cm³/mol. The molecule has 3 rings (SSSR count). The van der Waals surface area contributed by atoms with E-state index in [9.17, 15) is 5.26 Å². The SMILES string of the molecule is CCNC(C#N)(Cn1c(CC)nc2ccccc21)C1CC1. The van der Waals surface area contributed by atoms with Crippen LogP contribution in [0.3, 0.4) is 0 Å². The first kappa shape index (κ1) is 14.1. The highest BCUT2D eigenvalue weighted by atomic mass is 15.1. The predicted octanol–water partition coefficient (Wildman–Crippen LogP) is 2.88. The van der Waals surface area contributed by atoms with Crippen molar-refractivity contribution in [3.8, 4) is 6.07 Å². The molecule has 1 heterocycles. The fraction of sp³-hybridized carbons (Fsp3) is 0.529. The summed E-state index contributed by atoms with van der Waals surface area (Å²) >= 11 is 0. The number of nitrogens with zero attached hydrogens (tertiary/aromatic N) is 3. The number of fused-ring (bicyclic) bond motifs is 1. The largest absolute Gasteiger partial charge is 0.325 e. The normalized spacial score (nSPS) is 17.6. The van der Waals surface area contributed by atoms with Gasteiger partial charge < -0.3 is 4.57 Å². The first-order valence-corrected chi connectivity index (χ1v) is 7.84. The van der Waals surface area contributed by atoms with Gasteiger partial charge >= 0.3 is 0 Å². The number of benzene rings is 1. The van der Waals surface area contributed by atoms with Crippen LogP contribution in [0.2, 0.25) is 0 Å². The van der Waals surface area contributed by atoms with Crippen LogP contribution in [0.25, 0.3) is 11.0 Å². The van der Waals surface area contributed by atoms with E-state index >= 15 is 0 Å². The lowest BCUT2D eigenvalue weighted by Gasteiger charge is -2.29. The highest BCUT2D eigenvalue weighted by molar-refractivity contribution is 5.76. The Hall–Kier alpha value is -1.86. The van der Waals surface area contributed by atoms with Crippen molar-refractivity contribution in [1.82, 2.24) is 14.9 Å². The van der Waals surface area contributed by atoms with Gasteiger partial charge in [0, 0.05) is 6.42 Å². The average Bonchev–Trinajstić information content (AvgIpc) is 3.31. The van der Waals surface area contributed by atoms with E-state index in [-0.39, 0.29) is 0 Å². The summed E-state index contributed by atoms with van der Waals surface area (Å²) in [4.78, 5) is 4.72. The first-order chi connectivity index (χ1) is 10.2. The molecule has 0 bridgehead atoms. The summed E-state index contributed by atoms with van der Waals surface area (Å²) in [7, 11) is 0. The van der Waals surface area contributed by atoms with Gasteiger partial charge in [0.2, 0.25) is 0 Å². The standard InChI is InChI=1S/C17H22N4/c1-3-16-20-14-7-5-6-8-15(14)21(16)12-17(11-18,19-4-2)13-9-10-13/h5-8,13,19H,3-4,9-10,12H2,1-2H3. The third kappa shape index (κ3) is 2.43. The minimum Gasteiger partial charge on any atom is -0.325 e. The molecule has 0 amide bonds. The highest BCUT2D eigenvalue weighted by Crippen LogP contribution is 2.41. The molecular formula is C17H22N4. The van der Waals surface area contributed by atoms with Gasteiger partial charge in [0.1, 0.15) is 11.4 Å². The molecule has 0 radical (unpaired) electrons. The Morgan fingerprint density at radius 2 is 2.14 bits per heavy atom. The maximum atomic E-state index is 9.81. The summed E-state index contributed by atoms with van der Waals surface area (Å²) in [5, 5.41) is 13.3. The van der Waals surface area contributed by atoms with Crippen molar-refractivity contribution < 1.29 is 0 Å². The van der Waals surface area contributed by atoms with Crippen LogP contribution < -0.4 is 5.32 Å². The lowest BCUT2D eigenvalue weighted by molar-refractivity contribution is 0.324. The summed E-state index contributed by atoms with van der Waals surface area (Å²) in [5.74, 6) is 1.53. The van der Waals surface area contributed by atoms with Gasteiger partial charge in [-0.25, -0.2) is 4.98 Å². The molecule has 1 atom stereocenters. The summed E-state index contributed by atoms with van der Waals surface area (Å²) in [6.07, 6.45) is 3.18. The van der Waals surface area contributed by atoms with Gasteiger partial charge in [-0.05, 0) is 37.4 Å². The van der Waals surface area contributed by atoms with Crippen molar-refractivity contribution in [2.75, 3.05) is 6.54 Å². The number of likely N-dealkylation sites (N-methyl/N-ethyl adjacent to an activating group) is 1. The van der Waals surface area contributed by atoms with Gasteiger partial charge in [0.15, 0.2) is 0 Å². The van der Waals surface area contributed by atoms with Crippen molar-refractivity contribution in [2.45, 2.75) is 45.2 Å². The lowest BCUT2D eigenvalue weighted by atomic mass is 9.94. The zero-order valence-electron chi connectivity index (χ0n) is 12.8. The minimum absolute atomic E-state index is 0.456. The number of rotatable bonds is 6. The zero-order chi connectivity index (χ0) is 14.9. The quantitative estimate of drug-likeness (QED) is 0.886. The van der Waals surface area contributed by atoms with Crippen molar-refractivity contribution >= 4 is 11.0 Å². The van der Waals surface area contributed by atoms with Crippen LogP contribution in [0.15, 0.2) is 24.3 Å². The van der Waals surface area contributed by atoms with E-state index < -0.39 is 5.54 Å². The van der Waals surface area contributed by atoms with Crippen molar-refractivity contribution in [3.63, 3.8) is 0 Å². The molecule has 1 N–H and O–H groups in total. The van der Waals surface area contributed by atoms with Crippen LogP contribution in [0, 0.1) is 17.2 Å². The molecule has 0 aliphatic heterocycles. The van der Waals surface area contributed by atoms with Crippen LogP contribution >= 0.6 is 0 Å². The molecule has 4 nitrogen and oxygen atoms in total. The molecule has 1 aromatic heterocycles. The van der Waals surface area contributed by atoms with Crippen LogP contribution in [-0.4, -0.2) is 21.6 Å². The Kier molecular flexibility index (Phi) is 3.69. The molecule has 1 aliphatic carbocycles. The van der Waals surface area contributed by atoms with Gasteiger partial charge in [0.05, 0.1) is 23.6 Å². The third-order valence-electron chi connectivity index (χ3n) is 4.42. The zero-order valence-corrected chi connectivity index (χ0v) is 12.8. The average molecular weight is 282 g/mol. The topological polar surface area (TPSA) is 53.6 Å². The maximum Gasteiger partial charge on any atom is 0.127 e. The Balaban J connectivity index is 2.05. The summed E-state index contributed by atoms with van der Waals surface area (Å²) in [6, 6.07) is 10.8. The molecule has 110 valence electrons. The molecule has 1 fully saturated rings. The molecular weight excluding hydrogens is 260 g/mol. The van der Waals surface area contributed by atoms with E-state index in [4.69, 9.17) is 4.98 Å². The van der Waals surface area contributed by atoms with Crippen LogP contribution in [0.1, 0.15) is 32.5 Å². The van der Waals surface area contributed by atoms with Gasteiger partial charge in [0.25, 0.3) is 0 Å². The van der Waals surface area contributed by atoms with Crippen molar-refractivity contribution in [3.05, 3.63) is 30.1 Å². The lowest BCUT2D eigenvalue weighted by Crippen LogP contribution is -2.49. The smallest absolute Gasteiger partial charge is 0.127 e. The van der Waals surface area contributed by atoms with E-state index in [1.807, 2.05) is 18.2 Å².